The third kappa shape index (κ3) is 3.26. The molecule has 0 radical (unpaired) electrons. The maximum atomic E-state index is 5.11. The van der Waals surface area contributed by atoms with E-state index in [0.717, 1.165) is 11.6 Å². The number of methoxy groups -OCH3 is 1. The smallest absolute Gasteiger partial charge is 0.119 e. The van der Waals surface area contributed by atoms with Gasteiger partial charge in [-0.1, -0.05) is 20.8 Å². The molecule has 0 unspecified atom stereocenters. The fraction of sp³-hybridized carbons (Fsp3) is 0.727. The van der Waals surface area contributed by atoms with Gasteiger partial charge >= 0.3 is 0 Å². The zero-order valence-corrected chi connectivity index (χ0v) is 11.0. The summed E-state index contributed by atoms with van der Waals surface area (Å²) in [6, 6.07) is 0. The zero-order chi connectivity index (χ0) is 11.5. The van der Waals surface area contributed by atoms with Gasteiger partial charge in [0.2, 0.25) is 0 Å². The van der Waals surface area contributed by atoms with E-state index >= 15 is 0 Å². The lowest BCUT2D eigenvalue weighted by atomic mass is 9.91. The van der Waals surface area contributed by atoms with Crippen molar-refractivity contribution in [2.75, 3.05) is 14.2 Å². The Hall–Kier alpha value is -0.450. The second-order valence-corrected chi connectivity index (χ2v) is 5.76. The number of ether oxygens (including phenoxy) is 1. The summed E-state index contributed by atoms with van der Waals surface area (Å²) in [5.41, 5.74) is 1.29. The SMILES string of the molecule is CNCc1sc(COC)nc1C(C)(C)C. The van der Waals surface area contributed by atoms with E-state index in [9.17, 15) is 0 Å². The molecular weight excluding hydrogens is 208 g/mol. The van der Waals surface area contributed by atoms with E-state index < -0.39 is 0 Å². The first kappa shape index (κ1) is 12.6. The molecular formula is C11H20N2OS. The first-order chi connectivity index (χ1) is 6.99. The van der Waals surface area contributed by atoms with Gasteiger partial charge in [-0.15, -0.1) is 11.3 Å². The van der Waals surface area contributed by atoms with Gasteiger partial charge in [0.1, 0.15) is 5.01 Å². The lowest BCUT2D eigenvalue weighted by Crippen LogP contribution is -2.16. The van der Waals surface area contributed by atoms with Gasteiger partial charge in [-0.05, 0) is 7.05 Å². The standard InChI is InChI=1S/C11H20N2OS/c1-11(2,3)10-8(6-12-4)15-9(13-10)7-14-5/h12H,6-7H2,1-5H3. The Morgan fingerprint density at radius 1 is 1.40 bits per heavy atom. The van der Waals surface area contributed by atoms with Crippen LogP contribution in [0.15, 0.2) is 0 Å². The van der Waals surface area contributed by atoms with Crippen LogP contribution in [-0.4, -0.2) is 19.1 Å². The highest BCUT2D eigenvalue weighted by atomic mass is 32.1. The van der Waals surface area contributed by atoms with E-state index in [1.54, 1.807) is 18.4 Å². The van der Waals surface area contributed by atoms with Crippen molar-refractivity contribution in [3.63, 3.8) is 0 Å². The van der Waals surface area contributed by atoms with E-state index in [-0.39, 0.29) is 5.41 Å². The molecule has 0 fully saturated rings. The monoisotopic (exact) mass is 228 g/mol. The zero-order valence-electron chi connectivity index (χ0n) is 10.2. The Kier molecular flexibility index (Phi) is 4.25. The molecule has 0 aromatic carbocycles. The number of nitrogens with one attached hydrogen (secondary N) is 1. The highest BCUT2D eigenvalue weighted by molar-refractivity contribution is 7.11. The molecule has 1 heterocycles. The van der Waals surface area contributed by atoms with Gasteiger partial charge in [0.05, 0.1) is 12.3 Å². The number of thiazole rings is 1. The molecule has 86 valence electrons. The maximum absolute atomic E-state index is 5.11. The Morgan fingerprint density at radius 2 is 2.07 bits per heavy atom. The van der Waals surface area contributed by atoms with Gasteiger partial charge in [-0.2, -0.15) is 0 Å². The highest BCUT2D eigenvalue weighted by Crippen LogP contribution is 2.29. The van der Waals surface area contributed by atoms with E-state index in [2.05, 4.69) is 31.1 Å². The fourth-order valence-corrected chi connectivity index (χ4v) is 2.72. The molecule has 0 aliphatic rings. The van der Waals surface area contributed by atoms with E-state index in [4.69, 9.17) is 4.74 Å². The summed E-state index contributed by atoms with van der Waals surface area (Å²) in [5.74, 6) is 0. The maximum Gasteiger partial charge on any atom is 0.119 e. The second kappa shape index (κ2) is 5.05. The summed E-state index contributed by atoms with van der Waals surface area (Å²) in [5, 5.41) is 4.24. The molecule has 1 N–H and O–H groups in total. The van der Waals surface area contributed by atoms with E-state index in [0.29, 0.717) is 6.61 Å². The Labute approximate surface area is 95.9 Å². The molecule has 3 nitrogen and oxygen atoms in total. The summed E-state index contributed by atoms with van der Waals surface area (Å²) in [4.78, 5) is 5.96. The van der Waals surface area contributed by atoms with Crippen molar-refractivity contribution < 1.29 is 4.74 Å². The third-order valence-corrected chi connectivity index (χ3v) is 3.09. The van der Waals surface area contributed by atoms with Gasteiger partial charge in [0, 0.05) is 23.9 Å². The van der Waals surface area contributed by atoms with Crippen LogP contribution in [0.4, 0.5) is 0 Å². The minimum Gasteiger partial charge on any atom is -0.378 e. The molecule has 1 aromatic heterocycles. The van der Waals surface area contributed by atoms with Gasteiger partial charge in [-0.3, -0.25) is 0 Å². The molecule has 0 spiro atoms. The Bertz CT molecular complexity index is 315. The van der Waals surface area contributed by atoms with Crippen LogP contribution in [0.2, 0.25) is 0 Å². The molecule has 0 atom stereocenters. The Morgan fingerprint density at radius 3 is 2.53 bits per heavy atom. The minimum absolute atomic E-state index is 0.106. The second-order valence-electron chi connectivity index (χ2n) is 4.59. The average Bonchev–Trinajstić information content (AvgIpc) is 2.49. The lowest BCUT2D eigenvalue weighted by molar-refractivity contribution is 0.184. The fourth-order valence-electron chi connectivity index (χ4n) is 1.45. The van der Waals surface area contributed by atoms with Crippen LogP contribution in [0.3, 0.4) is 0 Å². The van der Waals surface area contributed by atoms with E-state index in [1.165, 1.54) is 10.6 Å². The molecule has 0 aliphatic heterocycles. The van der Waals surface area contributed by atoms with E-state index in [1.807, 2.05) is 7.05 Å². The number of hydrogen-bond acceptors (Lipinski definition) is 4. The Balaban J connectivity index is 3.00. The summed E-state index contributed by atoms with van der Waals surface area (Å²) >= 11 is 1.74. The number of nitrogens with zero attached hydrogens (tertiary/aromatic N) is 1. The minimum atomic E-state index is 0.106. The van der Waals surface area contributed by atoms with Crippen LogP contribution in [0.1, 0.15) is 36.3 Å². The first-order valence-electron chi connectivity index (χ1n) is 5.11. The quantitative estimate of drug-likeness (QED) is 0.858. The van der Waals surface area contributed by atoms with Crippen LogP contribution < -0.4 is 5.32 Å². The topological polar surface area (TPSA) is 34.1 Å². The number of rotatable bonds is 4. The summed E-state index contributed by atoms with van der Waals surface area (Å²) < 4.78 is 5.11. The van der Waals surface area contributed by atoms with Crippen molar-refractivity contribution in [1.82, 2.24) is 10.3 Å². The molecule has 1 aromatic rings. The van der Waals surface area contributed by atoms with Crippen molar-refractivity contribution >= 4 is 11.3 Å². The average molecular weight is 228 g/mol. The largest absolute Gasteiger partial charge is 0.378 e. The lowest BCUT2D eigenvalue weighted by Gasteiger charge is -2.17. The normalized spacial score (nSPS) is 12.1. The van der Waals surface area contributed by atoms with Gasteiger partial charge in [0.15, 0.2) is 0 Å². The third-order valence-electron chi connectivity index (χ3n) is 2.06. The molecule has 0 saturated carbocycles. The molecule has 1 rings (SSSR count). The van der Waals surface area contributed by atoms with Crippen molar-refractivity contribution in [3.8, 4) is 0 Å². The predicted molar refractivity (Wildman–Crippen MR) is 64.3 cm³/mol. The molecule has 0 aliphatic carbocycles. The van der Waals surface area contributed by atoms with Gasteiger partial charge < -0.3 is 10.1 Å². The van der Waals surface area contributed by atoms with Gasteiger partial charge in [-0.25, -0.2) is 4.98 Å². The van der Waals surface area contributed by atoms with Gasteiger partial charge in [0.25, 0.3) is 0 Å². The first-order valence-corrected chi connectivity index (χ1v) is 5.93. The predicted octanol–water partition coefficient (Wildman–Crippen LogP) is 2.31. The van der Waals surface area contributed by atoms with Crippen molar-refractivity contribution in [1.29, 1.82) is 0 Å². The molecule has 0 bridgehead atoms. The van der Waals surface area contributed by atoms with Crippen LogP contribution in [-0.2, 0) is 23.3 Å². The molecule has 15 heavy (non-hydrogen) atoms. The van der Waals surface area contributed by atoms with Crippen LogP contribution in [0.25, 0.3) is 0 Å². The molecule has 0 saturated heterocycles. The van der Waals surface area contributed by atoms with Crippen molar-refractivity contribution in [3.05, 3.63) is 15.6 Å². The molecule has 4 heteroatoms. The summed E-state index contributed by atoms with van der Waals surface area (Å²) in [6.07, 6.45) is 0. The number of aromatic nitrogens is 1. The van der Waals surface area contributed by atoms with Crippen molar-refractivity contribution in [2.45, 2.75) is 39.3 Å². The highest BCUT2D eigenvalue weighted by Gasteiger charge is 2.22. The van der Waals surface area contributed by atoms with Crippen LogP contribution >= 0.6 is 11.3 Å². The molecule has 0 amide bonds. The summed E-state index contributed by atoms with van der Waals surface area (Å²) in [6.45, 7) is 8.07. The summed E-state index contributed by atoms with van der Waals surface area (Å²) in [7, 11) is 3.66. The van der Waals surface area contributed by atoms with Crippen LogP contribution in [0, 0.1) is 0 Å². The van der Waals surface area contributed by atoms with Crippen molar-refractivity contribution in [2.24, 2.45) is 0 Å². The number of hydrogen-bond donors (Lipinski definition) is 1. The van der Waals surface area contributed by atoms with Crippen LogP contribution in [0.5, 0.6) is 0 Å².